The van der Waals surface area contributed by atoms with E-state index in [0.717, 1.165) is 18.6 Å². The molecule has 1 rings (SSSR count). The lowest BCUT2D eigenvalue weighted by Gasteiger charge is -2.33. The topological polar surface area (TPSA) is 23.5 Å². The summed E-state index contributed by atoms with van der Waals surface area (Å²) < 4.78 is 24.7. The van der Waals surface area contributed by atoms with Gasteiger partial charge in [-0.2, -0.15) is 12.6 Å². The molecule has 16 heavy (non-hydrogen) atoms. The average molecular weight is 253 g/mol. The number of hydrogen-bond acceptors (Lipinski definition) is 3. The first-order chi connectivity index (χ1) is 7.62. The molecule has 1 N–H and O–H groups in total. The Kier molecular flexibility index (Phi) is 6.00. The molecule has 0 bridgehead atoms. The zero-order valence-electron chi connectivity index (χ0n) is 9.54. The average Bonchev–Trinajstić information content (AvgIpc) is 2.66. The van der Waals surface area contributed by atoms with Gasteiger partial charge in [0.2, 0.25) is 0 Å². The van der Waals surface area contributed by atoms with Gasteiger partial charge in [0.25, 0.3) is 6.43 Å². The fourth-order valence-corrected chi connectivity index (χ4v) is 2.95. The minimum absolute atomic E-state index is 0.0601. The molecule has 2 nitrogen and oxygen atoms in total. The molecule has 0 atom stereocenters. The second-order valence-electron chi connectivity index (χ2n) is 4.72. The molecule has 0 unspecified atom stereocenters. The quantitative estimate of drug-likeness (QED) is 0.678. The van der Waals surface area contributed by atoms with E-state index in [2.05, 4.69) is 12.6 Å². The predicted molar refractivity (Wildman–Crippen MR) is 64.3 cm³/mol. The Morgan fingerprint density at radius 2 is 1.94 bits per heavy atom. The first-order valence-electron chi connectivity index (χ1n) is 5.84. The van der Waals surface area contributed by atoms with Crippen molar-refractivity contribution in [3.63, 3.8) is 0 Å². The molecule has 0 saturated heterocycles. The van der Waals surface area contributed by atoms with E-state index in [1.807, 2.05) is 0 Å². The Hall–Kier alpha value is 0.130. The molecule has 1 saturated carbocycles. The number of rotatable bonds is 7. The van der Waals surface area contributed by atoms with Gasteiger partial charge in [-0.3, -0.25) is 4.90 Å². The van der Waals surface area contributed by atoms with E-state index in [1.165, 1.54) is 12.8 Å². The monoisotopic (exact) mass is 253 g/mol. The molecule has 1 aliphatic rings. The van der Waals surface area contributed by atoms with Crippen LogP contribution in [0.25, 0.3) is 0 Å². The van der Waals surface area contributed by atoms with Crippen molar-refractivity contribution in [1.82, 2.24) is 4.90 Å². The van der Waals surface area contributed by atoms with Gasteiger partial charge in [-0.1, -0.05) is 12.8 Å². The third-order valence-corrected chi connectivity index (χ3v) is 4.04. The molecule has 1 fully saturated rings. The summed E-state index contributed by atoms with van der Waals surface area (Å²) in [6, 6.07) is 0. The van der Waals surface area contributed by atoms with Crippen molar-refractivity contribution in [3.8, 4) is 0 Å². The zero-order chi connectivity index (χ0) is 12.0. The molecular formula is C11H21F2NOS. The summed E-state index contributed by atoms with van der Waals surface area (Å²) in [7, 11) is 0. The van der Waals surface area contributed by atoms with Crippen molar-refractivity contribution in [2.24, 2.45) is 5.41 Å². The largest absolute Gasteiger partial charge is 0.395 e. The third kappa shape index (κ3) is 4.18. The molecule has 1 aliphatic carbocycles. The smallest absolute Gasteiger partial charge is 0.251 e. The van der Waals surface area contributed by atoms with Gasteiger partial charge >= 0.3 is 0 Å². The van der Waals surface area contributed by atoms with Gasteiger partial charge in [-0.15, -0.1) is 0 Å². The molecule has 0 heterocycles. The fraction of sp³-hybridized carbons (Fsp3) is 1.00. The summed E-state index contributed by atoms with van der Waals surface area (Å²) in [5.41, 5.74) is 0.0904. The lowest BCUT2D eigenvalue weighted by molar-refractivity contribution is 0.0567. The van der Waals surface area contributed by atoms with Crippen LogP contribution in [0.5, 0.6) is 0 Å². The highest BCUT2D eigenvalue weighted by Crippen LogP contribution is 2.39. The van der Waals surface area contributed by atoms with Crippen molar-refractivity contribution in [2.45, 2.75) is 32.1 Å². The highest BCUT2D eigenvalue weighted by Gasteiger charge is 2.34. The minimum atomic E-state index is -2.33. The van der Waals surface area contributed by atoms with E-state index < -0.39 is 6.43 Å². The number of aliphatic hydroxyl groups excluding tert-OH is 1. The van der Waals surface area contributed by atoms with Gasteiger partial charge in [-0.25, -0.2) is 8.78 Å². The van der Waals surface area contributed by atoms with Gasteiger partial charge in [0.15, 0.2) is 0 Å². The maximum absolute atomic E-state index is 12.4. The molecule has 0 aromatic heterocycles. The summed E-state index contributed by atoms with van der Waals surface area (Å²) in [6.45, 7) is 0.673. The van der Waals surface area contributed by atoms with Gasteiger partial charge < -0.3 is 5.11 Å². The van der Waals surface area contributed by atoms with Crippen LogP contribution in [0.15, 0.2) is 0 Å². The van der Waals surface area contributed by atoms with E-state index in [-0.39, 0.29) is 18.6 Å². The first kappa shape index (κ1) is 14.2. The van der Waals surface area contributed by atoms with Crippen LogP contribution in [0, 0.1) is 5.41 Å². The Morgan fingerprint density at radius 3 is 2.38 bits per heavy atom. The predicted octanol–water partition coefficient (Wildman–Crippen LogP) is 2.04. The Morgan fingerprint density at radius 1 is 1.31 bits per heavy atom. The van der Waals surface area contributed by atoms with Gasteiger partial charge in [-0.05, 0) is 24.0 Å². The number of thiol groups is 1. The number of alkyl halides is 2. The van der Waals surface area contributed by atoms with Crippen LogP contribution < -0.4 is 0 Å². The maximum atomic E-state index is 12.4. The van der Waals surface area contributed by atoms with Crippen LogP contribution in [0.4, 0.5) is 8.78 Å². The van der Waals surface area contributed by atoms with E-state index in [1.54, 1.807) is 4.90 Å². The van der Waals surface area contributed by atoms with Gasteiger partial charge in [0, 0.05) is 13.1 Å². The molecule has 0 aromatic carbocycles. The SMILES string of the molecule is OCCN(CC(F)F)CC1(CS)CCCC1. The number of aliphatic hydroxyl groups is 1. The molecule has 0 radical (unpaired) electrons. The van der Waals surface area contributed by atoms with Crippen molar-refractivity contribution in [2.75, 3.05) is 32.0 Å². The molecular weight excluding hydrogens is 232 g/mol. The Labute approximate surface area is 101 Å². The molecule has 5 heteroatoms. The molecule has 0 spiro atoms. The normalized spacial score (nSPS) is 19.9. The number of halogens is 2. The molecule has 0 aliphatic heterocycles. The summed E-state index contributed by atoms with van der Waals surface area (Å²) >= 11 is 4.36. The van der Waals surface area contributed by atoms with Crippen LogP contribution in [0.2, 0.25) is 0 Å². The van der Waals surface area contributed by atoms with Crippen LogP contribution in [0.3, 0.4) is 0 Å². The molecule has 0 amide bonds. The molecule has 96 valence electrons. The number of nitrogens with zero attached hydrogens (tertiary/aromatic N) is 1. The second-order valence-corrected chi connectivity index (χ2v) is 5.03. The van der Waals surface area contributed by atoms with E-state index in [0.29, 0.717) is 13.1 Å². The van der Waals surface area contributed by atoms with Crippen LogP contribution in [-0.2, 0) is 0 Å². The lowest BCUT2D eigenvalue weighted by Crippen LogP contribution is -2.41. The summed E-state index contributed by atoms with van der Waals surface area (Å²) in [4.78, 5) is 1.67. The van der Waals surface area contributed by atoms with Crippen LogP contribution >= 0.6 is 12.6 Å². The minimum Gasteiger partial charge on any atom is -0.395 e. The van der Waals surface area contributed by atoms with Crippen molar-refractivity contribution in [1.29, 1.82) is 0 Å². The summed E-state index contributed by atoms with van der Waals surface area (Å²) in [5, 5.41) is 8.87. The van der Waals surface area contributed by atoms with E-state index in [4.69, 9.17) is 5.11 Å². The lowest BCUT2D eigenvalue weighted by atomic mass is 9.88. The fourth-order valence-electron chi connectivity index (χ4n) is 2.54. The van der Waals surface area contributed by atoms with Gasteiger partial charge in [0.1, 0.15) is 0 Å². The van der Waals surface area contributed by atoms with Gasteiger partial charge in [0.05, 0.1) is 13.2 Å². The second kappa shape index (κ2) is 6.77. The van der Waals surface area contributed by atoms with E-state index >= 15 is 0 Å². The highest BCUT2D eigenvalue weighted by atomic mass is 32.1. The maximum Gasteiger partial charge on any atom is 0.251 e. The van der Waals surface area contributed by atoms with Crippen LogP contribution in [0.1, 0.15) is 25.7 Å². The summed E-state index contributed by atoms with van der Waals surface area (Å²) in [5.74, 6) is 0.748. The Balaban J connectivity index is 2.50. The van der Waals surface area contributed by atoms with E-state index in [9.17, 15) is 8.78 Å². The first-order valence-corrected chi connectivity index (χ1v) is 6.47. The highest BCUT2D eigenvalue weighted by molar-refractivity contribution is 7.80. The molecule has 0 aromatic rings. The Bertz CT molecular complexity index is 198. The summed E-state index contributed by atoms with van der Waals surface area (Å²) in [6.07, 6.45) is 2.15. The van der Waals surface area contributed by atoms with Crippen LogP contribution in [-0.4, -0.2) is 48.4 Å². The van der Waals surface area contributed by atoms with Crippen molar-refractivity contribution < 1.29 is 13.9 Å². The third-order valence-electron chi connectivity index (χ3n) is 3.37. The standard InChI is InChI=1S/C11H21F2NOS/c12-10(13)7-14(5-6-15)8-11(9-16)3-1-2-4-11/h10,15-16H,1-9H2. The number of hydrogen-bond donors (Lipinski definition) is 2. The van der Waals surface area contributed by atoms with Crippen molar-refractivity contribution >= 4 is 12.6 Å². The van der Waals surface area contributed by atoms with Crippen molar-refractivity contribution in [3.05, 3.63) is 0 Å². The zero-order valence-corrected chi connectivity index (χ0v) is 10.4.